The largest absolute Gasteiger partial charge is 0.442 e. The van der Waals surface area contributed by atoms with Gasteiger partial charge >= 0.3 is 0 Å². The maximum absolute atomic E-state index is 11.5. The molecule has 1 aromatic carbocycles. The molecule has 0 aliphatic rings. The molecule has 3 nitrogen and oxygen atoms in total. The Morgan fingerprint density at radius 1 is 1.54 bits per heavy atom. The van der Waals surface area contributed by atoms with E-state index in [9.17, 15) is 4.79 Å². The number of aromatic nitrogens is 1. The molecule has 0 saturated carbocycles. The predicted molar refractivity (Wildman–Crippen MR) is 45.2 cm³/mol. The van der Waals surface area contributed by atoms with E-state index >= 15 is 0 Å². The van der Waals surface area contributed by atoms with Gasteiger partial charge in [-0.2, -0.15) is 0 Å². The van der Waals surface area contributed by atoms with Crippen LogP contribution in [0.25, 0.3) is 0 Å². The fourth-order valence-electron chi connectivity index (χ4n) is 0.994. The first-order valence-corrected chi connectivity index (χ1v) is 3.78. The molecule has 0 fully saturated rings. The summed E-state index contributed by atoms with van der Waals surface area (Å²) in [5.41, 5.74) is 0.532. The highest BCUT2D eigenvalue weighted by Gasteiger charge is 2.11. The van der Waals surface area contributed by atoms with E-state index in [2.05, 4.69) is 11.1 Å². The number of ketones is 1. The average molecular weight is 172 g/mol. The summed E-state index contributed by atoms with van der Waals surface area (Å²) in [6, 6.07) is 9.59. The van der Waals surface area contributed by atoms with Crippen molar-refractivity contribution in [3.8, 4) is 0 Å². The van der Waals surface area contributed by atoms with Crippen molar-refractivity contribution in [3.05, 3.63) is 54.2 Å². The number of oxazole rings is 1. The predicted octanol–water partition coefficient (Wildman–Crippen LogP) is 1.71. The number of carbonyl (C=O) groups is 1. The minimum Gasteiger partial charge on any atom is -0.442 e. The number of hydrogen-bond donors (Lipinski definition) is 0. The lowest BCUT2D eigenvalue weighted by Gasteiger charge is -1.93. The Kier molecular flexibility index (Phi) is 1.92. The Bertz CT molecular complexity index is 392. The van der Waals surface area contributed by atoms with Crippen LogP contribution in [0.3, 0.4) is 0 Å². The van der Waals surface area contributed by atoms with Crippen molar-refractivity contribution in [1.29, 1.82) is 0 Å². The smallest absolute Gasteiger partial charge is 0.268 e. The molecule has 2 rings (SSSR count). The van der Waals surface area contributed by atoms with Crippen LogP contribution >= 0.6 is 0 Å². The van der Waals surface area contributed by atoms with E-state index in [1.54, 1.807) is 24.3 Å². The van der Waals surface area contributed by atoms with E-state index in [4.69, 9.17) is 4.42 Å². The fourth-order valence-corrected chi connectivity index (χ4v) is 0.994. The molecule has 2 aromatic rings. The molecule has 1 aromatic heterocycles. The molecule has 0 amide bonds. The van der Waals surface area contributed by atoms with Crippen LogP contribution in [0.2, 0.25) is 0 Å². The van der Waals surface area contributed by atoms with Gasteiger partial charge in [0.2, 0.25) is 5.78 Å². The van der Waals surface area contributed by atoms with Crippen LogP contribution in [-0.2, 0) is 0 Å². The summed E-state index contributed by atoms with van der Waals surface area (Å²) in [4.78, 5) is 15.3. The highest BCUT2D eigenvalue weighted by atomic mass is 16.3. The maximum atomic E-state index is 11.5. The second-order valence-corrected chi connectivity index (χ2v) is 2.46. The lowest BCUT2D eigenvalue weighted by atomic mass is 10.1. The van der Waals surface area contributed by atoms with E-state index in [1.165, 1.54) is 12.5 Å². The molecular formula is C10H6NO2. The zero-order valence-corrected chi connectivity index (χ0v) is 6.73. The lowest BCUT2D eigenvalue weighted by Crippen LogP contribution is -2.00. The topological polar surface area (TPSA) is 43.1 Å². The van der Waals surface area contributed by atoms with Crippen molar-refractivity contribution in [2.24, 2.45) is 0 Å². The molecule has 63 valence electrons. The lowest BCUT2D eigenvalue weighted by molar-refractivity contribution is 0.100. The molecule has 0 bridgehead atoms. The van der Waals surface area contributed by atoms with Gasteiger partial charge in [-0.05, 0) is 12.1 Å². The van der Waals surface area contributed by atoms with E-state index in [1.807, 2.05) is 0 Å². The average Bonchev–Trinajstić information content (AvgIpc) is 2.71. The van der Waals surface area contributed by atoms with Crippen molar-refractivity contribution in [2.45, 2.75) is 0 Å². The molecule has 1 heterocycles. The van der Waals surface area contributed by atoms with Crippen LogP contribution in [-0.4, -0.2) is 10.8 Å². The summed E-state index contributed by atoms with van der Waals surface area (Å²) in [5.74, 6) is -0.110. The van der Waals surface area contributed by atoms with Gasteiger partial charge in [0.1, 0.15) is 6.26 Å². The summed E-state index contributed by atoms with van der Waals surface area (Å²) in [6.45, 7) is 0. The minimum absolute atomic E-state index is 0.111. The van der Waals surface area contributed by atoms with Crippen LogP contribution in [0.15, 0.2) is 41.1 Å². The standard InChI is InChI=1S/C10H6NO2/c12-9(10-11-6-7-13-10)8-4-2-1-3-5-8/h1-2,4-7H. The van der Waals surface area contributed by atoms with Crippen molar-refractivity contribution in [3.63, 3.8) is 0 Å². The van der Waals surface area contributed by atoms with Crippen LogP contribution in [0.5, 0.6) is 0 Å². The van der Waals surface area contributed by atoms with E-state index in [0.717, 1.165) is 0 Å². The molecule has 0 atom stereocenters. The Morgan fingerprint density at radius 2 is 2.46 bits per heavy atom. The summed E-state index contributed by atoms with van der Waals surface area (Å²) < 4.78 is 4.88. The normalized spacial score (nSPS) is 9.85. The van der Waals surface area contributed by atoms with Gasteiger partial charge in [0, 0.05) is 5.56 Å². The number of hydrogen-bond acceptors (Lipinski definition) is 3. The van der Waals surface area contributed by atoms with Gasteiger partial charge in [-0.1, -0.05) is 18.2 Å². The van der Waals surface area contributed by atoms with Crippen LogP contribution in [0.1, 0.15) is 16.2 Å². The van der Waals surface area contributed by atoms with Crippen molar-refractivity contribution >= 4 is 5.78 Å². The number of nitrogens with zero attached hydrogens (tertiary/aromatic N) is 1. The summed E-state index contributed by atoms with van der Waals surface area (Å²) in [6.07, 6.45) is 2.82. The Balaban J connectivity index is 2.34. The molecule has 0 saturated heterocycles. The quantitative estimate of drug-likeness (QED) is 0.647. The third-order valence-corrected chi connectivity index (χ3v) is 1.60. The number of rotatable bonds is 2. The van der Waals surface area contributed by atoms with Crippen molar-refractivity contribution < 1.29 is 9.21 Å². The summed E-state index contributed by atoms with van der Waals surface area (Å²) >= 11 is 0. The Morgan fingerprint density at radius 3 is 3.08 bits per heavy atom. The SMILES string of the molecule is O=C(c1c[c]ccc1)c1ncco1. The third kappa shape index (κ3) is 1.49. The molecule has 0 unspecified atom stereocenters. The third-order valence-electron chi connectivity index (χ3n) is 1.60. The van der Waals surface area contributed by atoms with Crippen LogP contribution in [0, 0.1) is 6.07 Å². The molecular weight excluding hydrogens is 166 g/mol. The van der Waals surface area contributed by atoms with Crippen LogP contribution in [0.4, 0.5) is 0 Å². The van der Waals surface area contributed by atoms with Gasteiger partial charge in [-0.15, -0.1) is 0 Å². The molecule has 0 spiro atoms. The van der Waals surface area contributed by atoms with Gasteiger partial charge in [0.05, 0.1) is 6.20 Å². The van der Waals surface area contributed by atoms with Crippen molar-refractivity contribution in [2.75, 3.05) is 0 Å². The molecule has 0 aliphatic carbocycles. The highest BCUT2D eigenvalue weighted by Crippen LogP contribution is 2.06. The fraction of sp³-hybridized carbons (Fsp3) is 0. The first-order valence-electron chi connectivity index (χ1n) is 3.78. The Hall–Kier alpha value is -1.90. The molecule has 13 heavy (non-hydrogen) atoms. The number of carbonyl (C=O) groups excluding carboxylic acids is 1. The Labute approximate surface area is 75.0 Å². The summed E-state index contributed by atoms with van der Waals surface area (Å²) in [5, 5.41) is 0. The first kappa shape index (κ1) is 7.73. The van der Waals surface area contributed by atoms with Gasteiger partial charge in [0.15, 0.2) is 0 Å². The molecule has 1 radical (unpaired) electrons. The number of benzene rings is 1. The molecule has 3 heteroatoms. The minimum atomic E-state index is -0.221. The van der Waals surface area contributed by atoms with Gasteiger partial charge in [0.25, 0.3) is 5.89 Å². The first-order chi connectivity index (χ1) is 6.38. The van der Waals surface area contributed by atoms with E-state index < -0.39 is 0 Å². The molecule has 0 aliphatic heterocycles. The zero-order chi connectivity index (χ0) is 9.10. The van der Waals surface area contributed by atoms with Gasteiger partial charge < -0.3 is 4.42 Å². The van der Waals surface area contributed by atoms with Crippen LogP contribution < -0.4 is 0 Å². The highest BCUT2D eigenvalue weighted by molar-refractivity contribution is 6.05. The summed E-state index contributed by atoms with van der Waals surface area (Å²) in [7, 11) is 0. The van der Waals surface area contributed by atoms with Crippen molar-refractivity contribution in [1.82, 2.24) is 4.98 Å². The second kappa shape index (κ2) is 3.23. The van der Waals surface area contributed by atoms with Gasteiger partial charge in [-0.3, -0.25) is 4.79 Å². The monoisotopic (exact) mass is 172 g/mol. The van der Waals surface area contributed by atoms with E-state index in [0.29, 0.717) is 5.56 Å². The van der Waals surface area contributed by atoms with Gasteiger partial charge in [-0.25, -0.2) is 4.98 Å². The second-order valence-electron chi connectivity index (χ2n) is 2.46. The van der Waals surface area contributed by atoms with E-state index in [-0.39, 0.29) is 11.7 Å². The zero-order valence-electron chi connectivity index (χ0n) is 6.73. The molecule has 0 N–H and O–H groups in total. The maximum Gasteiger partial charge on any atom is 0.268 e.